The molecule has 3 aliphatic rings. The zero-order chi connectivity index (χ0) is 26.0. The van der Waals surface area contributed by atoms with Crippen molar-refractivity contribution in [3.8, 4) is 0 Å². The monoisotopic (exact) mass is 528 g/mol. The Kier molecular flexibility index (Phi) is 7.14. The Balaban J connectivity index is 1.53. The van der Waals surface area contributed by atoms with Gasteiger partial charge in [-0.05, 0) is 54.7 Å². The largest absolute Gasteiger partial charge is 0.421 e. The molecule has 6 bridgehead atoms. The second-order valence-corrected chi connectivity index (χ2v) is 9.75. The molecule has 1 aromatic heterocycles. The summed E-state index contributed by atoms with van der Waals surface area (Å²) in [7, 11) is 0. The van der Waals surface area contributed by atoms with Crippen LogP contribution in [0, 0.1) is 0 Å². The summed E-state index contributed by atoms with van der Waals surface area (Å²) < 4.78 is 43.4. The molecule has 2 aromatic carbocycles. The van der Waals surface area contributed by atoms with E-state index in [2.05, 4.69) is 24.9 Å². The molecular formula is C26H27F3N6OS. The highest BCUT2D eigenvalue weighted by atomic mass is 32.2. The highest BCUT2D eigenvalue weighted by Crippen LogP contribution is 2.36. The number of alkyl halides is 3. The van der Waals surface area contributed by atoms with Gasteiger partial charge in [0.05, 0.1) is 5.69 Å². The van der Waals surface area contributed by atoms with Gasteiger partial charge in [-0.2, -0.15) is 18.2 Å². The first-order valence-corrected chi connectivity index (χ1v) is 13.3. The average molecular weight is 529 g/mol. The van der Waals surface area contributed by atoms with Crippen molar-refractivity contribution in [2.45, 2.75) is 38.4 Å². The lowest BCUT2D eigenvalue weighted by atomic mass is 10.1. The maximum atomic E-state index is 13.8. The van der Waals surface area contributed by atoms with Gasteiger partial charge in [-0.3, -0.25) is 4.79 Å². The summed E-state index contributed by atoms with van der Waals surface area (Å²) in [6.07, 6.45) is 0.894. The molecule has 0 saturated carbocycles. The minimum absolute atomic E-state index is 0.0540. The van der Waals surface area contributed by atoms with Gasteiger partial charge in [-0.1, -0.05) is 30.1 Å². The molecule has 37 heavy (non-hydrogen) atoms. The van der Waals surface area contributed by atoms with Crippen molar-refractivity contribution in [3.05, 3.63) is 65.4 Å². The van der Waals surface area contributed by atoms with Crippen LogP contribution in [-0.4, -0.2) is 35.2 Å². The maximum absolute atomic E-state index is 13.8. The number of rotatable bonds is 1. The van der Waals surface area contributed by atoms with E-state index in [4.69, 9.17) is 0 Å². The van der Waals surface area contributed by atoms with E-state index in [1.54, 1.807) is 18.0 Å². The fourth-order valence-electron chi connectivity index (χ4n) is 4.71. The van der Waals surface area contributed by atoms with Crippen LogP contribution >= 0.6 is 11.9 Å². The van der Waals surface area contributed by atoms with Crippen LogP contribution in [0.25, 0.3) is 0 Å². The summed E-state index contributed by atoms with van der Waals surface area (Å²) in [6, 6.07) is 13.2. The average Bonchev–Trinajstić information content (AvgIpc) is 3.30. The molecule has 0 atom stereocenters. The molecule has 0 saturated heterocycles. The molecule has 3 aliphatic heterocycles. The third kappa shape index (κ3) is 5.46. The SMILES string of the molecule is CSN1CCCCC(=O)N2CCc3cc(ccc32)Nc2ncc(C(F)(F)F)c(n2)NCc2ccccc21. The van der Waals surface area contributed by atoms with Crippen molar-refractivity contribution < 1.29 is 18.0 Å². The zero-order valence-corrected chi connectivity index (χ0v) is 21.1. The number of carbonyl (C=O) groups excluding carboxylic acids is 1. The van der Waals surface area contributed by atoms with Crippen LogP contribution in [0.4, 0.5) is 42.0 Å². The van der Waals surface area contributed by atoms with Crippen molar-refractivity contribution in [3.63, 3.8) is 0 Å². The number of anilines is 5. The van der Waals surface area contributed by atoms with Gasteiger partial charge in [0, 0.05) is 49.9 Å². The Labute approximate surface area is 217 Å². The number of fused-ring (bicyclic) bond motifs is 7. The van der Waals surface area contributed by atoms with Gasteiger partial charge in [0.25, 0.3) is 0 Å². The first kappa shape index (κ1) is 25.2. The van der Waals surface area contributed by atoms with Crippen LogP contribution in [0.3, 0.4) is 0 Å². The summed E-state index contributed by atoms with van der Waals surface area (Å²) in [5, 5.41) is 5.93. The van der Waals surface area contributed by atoms with E-state index in [9.17, 15) is 18.0 Å². The smallest absolute Gasteiger partial charge is 0.365 e. The van der Waals surface area contributed by atoms with Gasteiger partial charge in [-0.25, -0.2) is 4.98 Å². The third-order valence-corrected chi connectivity index (χ3v) is 7.38. The van der Waals surface area contributed by atoms with Crippen LogP contribution in [0.15, 0.2) is 48.7 Å². The molecule has 0 unspecified atom stereocenters. The number of aromatic nitrogens is 2. The maximum Gasteiger partial charge on any atom is 0.421 e. The number of amides is 1. The predicted molar refractivity (Wildman–Crippen MR) is 141 cm³/mol. The fourth-order valence-corrected chi connectivity index (χ4v) is 5.40. The van der Waals surface area contributed by atoms with E-state index < -0.39 is 11.7 Å². The first-order valence-electron chi connectivity index (χ1n) is 12.1. The molecule has 1 amide bonds. The number of carbonyl (C=O) groups is 1. The summed E-state index contributed by atoms with van der Waals surface area (Å²) in [5.74, 6) is -0.127. The van der Waals surface area contributed by atoms with Crippen molar-refractivity contribution in [1.29, 1.82) is 0 Å². The Morgan fingerprint density at radius 1 is 1.00 bits per heavy atom. The number of nitrogens with one attached hydrogen (secondary N) is 2. The van der Waals surface area contributed by atoms with Gasteiger partial charge >= 0.3 is 6.18 Å². The van der Waals surface area contributed by atoms with E-state index in [-0.39, 0.29) is 24.2 Å². The summed E-state index contributed by atoms with van der Waals surface area (Å²) in [4.78, 5) is 22.9. The quantitative estimate of drug-likeness (QED) is 0.375. The standard InChI is InChI=1S/C26H27F3N6OS/c1-37-35-12-5-4-8-23(36)34-13-11-17-14-19(9-10-21(17)34)32-25-31-16-20(26(27,28)29)24(33-25)30-15-18-6-2-3-7-22(18)35/h2-3,6-7,9-10,14,16H,4-5,8,11-13,15H2,1H3,(H2,30,31,32,33). The fraction of sp³-hybridized carbons (Fsp3) is 0.346. The van der Waals surface area contributed by atoms with Gasteiger partial charge in [-0.15, -0.1) is 0 Å². The molecule has 0 aliphatic carbocycles. The molecule has 4 heterocycles. The summed E-state index contributed by atoms with van der Waals surface area (Å²) in [5.41, 5.74) is 3.36. The number of benzene rings is 2. The minimum Gasteiger partial charge on any atom is -0.365 e. The molecule has 3 aromatic rings. The molecule has 0 spiro atoms. The second-order valence-electron chi connectivity index (χ2n) is 8.94. The number of hydrogen-bond acceptors (Lipinski definition) is 7. The van der Waals surface area contributed by atoms with Crippen molar-refractivity contribution in [2.24, 2.45) is 0 Å². The minimum atomic E-state index is -4.61. The van der Waals surface area contributed by atoms with Crippen molar-refractivity contribution in [1.82, 2.24) is 9.97 Å². The number of para-hydroxylation sites is 1. The van der Waals surface area contributed by atoms with E-state index >= 15 is 0 Å². The van der Waals surface area contributed by atoms with Gasteiger partial charge in [0.15, 0.2) is 0 Å². The number of halogens is 3. The third-order valence-electron chi connectivity index (χ3n) is 6.56. The highest BCUT2D eigenvalue weighted by molar-refractivity contribution is 7.99. The normalized spacial score (nSPS) is 16.4. The van der Waals surface area contributed by atoms with Crippen LogP contribution in [0.1, 0.15) is 36.0 Å². The molecule has 0 fully saturated rings. The van der Waals surface area contributed by atoms with Crippen LogP contribution in [0.5, 0.6) is 0 Å². The van der Waals surface area contributed by atoms with E-state index in [1.807, 2.05) is 47.6 Å². The Bertz CT molecular complexity index is 1300. The van der Waals surface area contributed by atoms with Crippen LogP contribution < -0.4 is 19.8 Å². The zero-order valence-electron chi connectivity index (χ0n) is 20.3. The Hall–Kier alpha value is -3.47. The molecule has 6 rings (SSSR count). The molecule has 0 radical (unpaired) electrons. The predicted octanol–water partition coefficient (Wildman–Crippen LogP) is 6.01. The van der Waals surface area contributed by atoms with Crippen LogP contribution in [-0.2, 0) is 23.9 Å². The lowest BCUT2D eigenvalue weighted by Crippen LogP contribution is -2.28. The van der Waals surface area contributed by atoms with Crippen molar-refractivity contribution >= 4 is 46.7 Å². The molecule has 7 nitrogen and oxygen atoms in total. The van der Waals surface area contributed by atoms with E-state index in [0.29, 0.717) is 31.6 Å². The number of hydrogen-bond donors (Lipinski definition) is 2. The van der Waals surface area contributed by atoms with Gasteiger partial charge in [0.2, 0.25) is 11.9 Å². The topological polar surface area (TPSA) is 73.4 Å². The van der Waals surface area contributed by atoms with Crippen molar-refractivity contribution in [2.75, 3.05) is 39.2 Å². The molecular weight excluding hydrogens is 501 g/mol. The highest BCUT2D eigenvalue weighted by Gasteiger charge is 2.35. The lowest BCUT2D eigenvalue weighted by Gasteiger charge is -2.25. The Morgan fingerprint density at radius 3 is 2.65 bits per heavy atom. The molecule has 11 heteroatoms. The van der Waals surface area contributed by atoms with Gasteiger partial charge < -0.3 is 19.8 Å². The summed E-state index contributed by atoms with van der Waals surface area (Å²) >= 11 is 1.55. The molecule has 194 valence electrons. The van der Waals surface area contributed by atoms with E-state index in [0.717, 1.165) is 41.5 Å². The summed E-state index contributed by atoms with van der Waals surface area (Å²) in [6.45, 7) is 1.48. The second kappa shape index (κ2) is 10.5. The number of nitrogens with zero attached hydrogens (tertiary/aromatic N) is 4. The molecule has 2 N–H and O–H groups in total. The lowest BCUT2D eigenvalue weighted by molar-refractivity contribution is -0.137. The first-order chi connectivity index (χ1) is 17.8. The van der Waals surface area contributed by atoms with Crippen LogP contribution in [0.2, 0.25) is 0 Å². The Morgan fingerprint density at radius 2 is 1.84 bits per heavy atom. The van der Waals surface area contributed by atoms with E-state index in [1.165, 1.54) is 0 Å². The van der Waals surface area contributed by atoms with Gasteiger partial charge in [0.1, 0.15) is 11.4 Å².